The summed E-state index contributed by atoms with van der Waals surface area (Å²) in [6.07, 6.45) is 9.96. The van der Waals surface area contributed by atoms with Crippen LogP contribution in [0.25, 0.3) is 0 Å². The molecule has 0 rings (SSSR count). The number of unbranched alkanes of at least 4 members (excludes halogenated alkanes) is 5. The fourth-order valence-electron chi connectivity index (χ4n) is 2.32. The Hall–Kier alpha value is 0.830. The zero-order chi connectivity index (χ0) is 14.1. The summed E-state index contributed by atoms with van der Waals surface area (Å²) in [6, 6.07) is 0. The first kappa shape index (κ1) is 18.8. The fourth-order valence-corrected chi connectivity index (χ4v) is 3.12. The molecule has 0 amide bonds. The van der Waals surface area contributed by atoms with Crippen LogP contribution in [0.5, 0.6) is 0 Å². The number of hydrogen-bond acceptors (Lipinski definition) is 1. The molecule has 1 unspecified atom stereocenters. The minimum Gasteiger partial charge on any atom is -0.374 e. The van der Waals surface area contributed by atoms with Crippen LogP contribution in [0.4, 0.5) is 0 Å². The second-order valence-electron chi connectivity index (χ2n) is 4.96. The van der Waals surface area contributed by atoms with Crippen molar-refractivity contribution >= 4 is 34.8 Å². The van der Waals surface area contributed by atoms with Crippen LogP contribution >= 0.6 is 34.8 Å². The van der Waals surface area contributed by atoms with Gasteiger partial charge in [0.05, 0.1) is 0 Å². The Kier molecular flexibility index (Phi) is 10.1. The Balaban J connectivity index is 4.17. The molecule has 0 fully saturated rings. The Morgan fingerprint density at radius 3 is 1.78 bits per heavy atom. The fraction of sp³-hybridized carbons (Fsp3) is 1.00. The molecule has 0 radical (unpaired) electrons. The van der Waals surface area contributed by atoms with Crippen molar-refractivity contribution < 1.29 is 4.74 Å². The summed E-state index contributed by atoms with van der Waals surface area (Å²) in [6.45, 7) is 4.31. The van der Waals surface area contributed by atoms with Gasteiger partial charge in [-0.1, -0.05) is 93.6 Å². The van der Waals surface area contributed by atoms with Gasteiger partial charge in [0.25, 0.3) is 0 Å². The van der Waals surface area contributed by atoms with Crippen molar-refractivity contribution in [1.29, 1.82) is 0 Å². The zero-order valence-electron chi connectivity index (χ0n) is 11.9. The van der Waals surface area contributed by atoms with Crippen molar-refractivity contribution in [3.8, 4) is 0 Å². The van der Waals surface area contributed by atoms with Gasteiger partial charge in [0.15, 0.2) is 0 Å². The van der Waals surface area contributed by atoms with Crippen LogP contribution in [0.2, 0.25) is 0 Å². The van der Waals surface area contributed by atoms with Crippen molar-refractivity contribution in [2.24, 2.45) is 0 Å². The molecule has 0 saturated heterocycles. The van der Waals surface area contributed by atoms with Crippen LogP contribution in [-0.2, 0) is 4.74 Å². The van der Waals surface area contributed by atoms with Gasteiger partial charge in [-0.05, 0) is 12.8 Å². The highest BCUT2D eigenvalue weighted by molar-refractivity contribution is 6.68. The van der Waals surface area contributed by atoms with Gasteiger partial charge in [-0.25, -0.2) is 0 Å². The molecule has 0 aliphatic heterocycles. The van der Waals surface area contributed by atoms with Crippen LogP contribution in [-0.4, -0.2) is 16.5 Å². The van der Waals surface area contributed by atoms with E-state index in [0.717, 1.165) is 25.7 Å². The predicted octanol–water partition coefficient (Wildman–Crippen LogP) is 6.29. The van der Waals surface area contributed by atoms with Crippen molar-refractivity contribution in [2.45, 2.75) is 81.0 Å². The Morgan fingerprint density at radius 2 is 1.33 bits per heavy atom. The van der Waals surface area contributed by atoms with Gasteiger partial charge in [0.2, 0.25) is 3.79 Å². The summed E-state index contributed by atoms with van der Waals surface area (Å²) in [7, 11) is 1.65. The Labute approximate surface area is 128 Å². The lowest BCUT2D eigenvalue weighted by atomic mass is 9.92. The van der Waals surface area contributed by atoms with Gasteiger partial charge in [-0.3, -0.25) is 0 Å². The van der Waals surface area contributed by atoms with E-state index in [0.29, 0.717) is 0 Å². The molecule has 4 heteroatoms. The molecule has 110 valence electrons. The highest BCUT2D eigenvalue weighted by Gasteiger charge is 2.47. The largest absolute Gasteiger partial charge is 0.374 e. The van der Waals surface area contributed by atoms with E-state index in [9.17, 15) is 0 Å². The lowest BCUT2D eigenvalue weighted by Crippen LogP contribution is -2.44. The second kappa shape index (κ2) is 9.69. The molecular weight excluding hydrogens is 291 g/mol. The smallest absolute Gasteiger partial charge is 0.219 e. The predicted molar refractivity (Wildman–Crippen MR) is 82.9 cm³/mol. The monoisotopic (exact) mass is 316 g/mol. The van der Waals surface area contributed by atoms with Gasteiger partial charge in [0.1, 0.15) is 5.60 Å². The van der Waals surface area contributed by atoms with Crippen molar-refractivity contribution in [3.63, 3.8) is 0 Å². The number of alkyl halides is 3. The first-order valence-corrected chi connectivity index (χ1v) is 8.18. The molecule has 0 aliphatic rings. The average molecular weight is 318 g/mol. The molecule has 1 atom stereocenters. The Morgan fingerprint density at radius 1 is 0.778 bits per heavy atom. The summed E-state index contributed by atoms with van der Waals surface area (Å²) in [4.78, 5) is 0. The lowest BCUT2D eigenvalue weighted by Gasteiger charge is -2.38. The van der Waals surface area contributed by atoms with E-state index in [-0.39, 0.29) is 0 Å². The van der Waals surface area contributed by atoms with Gasteiger partial charge < -0.3 is 4.74 Å². The van der Waals surface area contributed by atoms with E-state index in [1.165, 1.54) is 32.1 Å². The lowest BCUT2D eigenvalue weighted by molar-refractivity contribution is -0.0237. The third-order valence-electron chi connectivity index (χ3n) is 3.50. The number of hydrogen-bond donors (Lipinski definition) is 0. The zero-order valence-corrected chi connectivity index (χ0v) is 14.2. The topological polar surface area (TPSA) is 9.23 Å². The molecule has 0 aromatic rings. The third-order valence-corrected chi connectivity index (χ3v) is 4.53. The molecule has 18 heavy (non-hydrogen) atoms. The van der Waals surface area contributed by atoms with Gasteiger partial charge in [-0.2, -0.15) is 0 Å². The first-order chi connectivity index (χ1) is 8.43. The molecular formula is C14H27Cl3O. The van der Waals surface area contributed by atoms with Crippen LogP contribution < -0.4 is 0 Å². The van der Waals surface area contributed by atoms with Crippen LogP contribution in [0.1, 0.15) is 71.6 Å². The van der Waals surface area contributed by atoms with E-state index in [2.05, 4.69) is 13.8 Å². The number of halogens is 3. The highest BCUT2D eigenvalue weighted by Crippen LogP contribution is 2.46. The quantitative estimate of drug-likeness (QED) is 0.340. The molecule has 0 aromatic heterocycles. The van der Waals surface area contributed by atoms with E-state index in [4.69, 9.17) is 39.5 Å². The molecule has 0 saturated carbocycles. The minimum atomic E-state index is -1.35. The SMILES string of the molecule is CCCCCCCCC(CCC)(OC)C(Cl)(Cl)Cl. The molecule has 0 aromatic carbocycles. The first-order valence-electron chi connectivity index (χ1n) is 7.05. The van der Waals surface area contributed by atoms with Crippen LogP contribution in [0.15, 0.2) is 0 Å². The number of ether oxygens (including phenoxy) is 1. The highest BCUT2D eigenvalue weighted by atomic mass is 35.6. The van der Waals surface area contributed by atoms with Crippen LogP contribution in [0, 0.1) is 0 Å². The maximum absolute atomic E-state index is 6.10. The standard InChI is InChI=1S/C14H27Cl3O/c1-4-6-7-8-9-10-12-13(18-3,11-5-2)14(15,16)17/h4-12H2,1-3H3. The van der Waals surface area contributed by atoms with E-state index >= 15 is 0 Å². The summed E-state index contributed by atoms with van der Waals surface area (Å²) in [5, 5.41) is 0. The Bertz CT molecular complexity index is 204. The third kappa shape index (κ3) is 6.32. The van der Waals surface area contributed by atoms with Gasteiger partial charge >= 0.3 is 0 Å². The number of methoxy groups -OCH3 is 1. The maximum Gasteiger partial charge on any atom is 0.219 e. The maximum atomic E-state index is 6.10. The van der Waals surface area contributed by atoms with Crippen molar-refractivity contribution in [1.82, 2.24) is 0 Å². The molecule has 0 spiro atoms. The van der Waals surface area contributed by atoms with Gasteiger partial charge in [-0.15, -0.1) is 0 Å². The van der Waals surface area contributed by atoms with Crippen molar-refractivity contribution in [2.75, 3.05) is 7.11 Å². The second-order valence-corrected chi connectivity index (χ2v) is 7.25. The summed E-state index contributed by atoms with van der Waals surface area (Å²) >= 11 is 18.3. The number of rotatable bonds is 10. The van der Waals surface area contributed by atoms with Gasteiger partial charge in [0, 0.05) is 7.11 Å². The van der Waals surface area contributed by atoms with Crippen LogP contribution in [0.3, 0.4) is 0 Å². The summed E-state index contributed by atoms with van der Waals surface area (Å²) < 4.78 is 4.23. The normalized spacial score (nSPS) is 15.7. The average Bonchev–Trinajstić information content (AvgIpc) is 2.30. The molecule has 0 bridgehead atoms. The van der Waals surface area contributed by atoms with Crippen molar-refractivity contribution in [3.05, 3.63) is 0 Å². The summed E-state index contributed by atoms with van der Waals surface area (Å²) in [5.74, 6) is 0. The molecule has 0 aliphatic carbocycles. The molecule has 0 N–H and O–H groups in total. The molecule has 1 nitrogen and oxygen atoms in total. The van der Waals surface area contributed by atoms with E-state index < -0.39 is 9.39 Å². The minimum absolute atomic E-state index is 0.628. The van der Waals surface area contributed by atoms with E-state index in [1.807, 2.05) is 0 Å². The van der Waals surface area contributed by atoms with E-state index in [1.54, 1.807) is 7.11 Å². The summed E-state index contributed by atoms with van der Waals surface area (Å²) in [5.41, 5.74) is -0.628. The molecule has 0 heterocycles.